The fraction of sp³-hybridized carbons (Fsp3) is 0.444. The highest BCUT2D eigenvalue weighted by Gasteiger charge is 2.41. The number of carbonyl (C=O) groups is 2. The van der Waals surface area contributed by atoms with Gasteiger partial charge in [0.05, 0.1) is 0 Å². The van der Waals surface area contributed by atoms with Crippen molar-refractivity contribution in [3.63, 3.8) is 0 Å². The van der Waals surface area contributed by atoms with Crippen LogP contribution in [0.4, 0.5) is 10.5 Å². The summed E-state index contributed by atoms with van der Waals surface area (Å²) in [5, 5.41) is 11.2. The number of amides is 3. The van der Waals surface area contributed by atoms with E-state index in [4.69, 9.17) is 0 Å². The van der Waals surface area contributed by atoms with Crippen LogP contribution >= 0.6 is 0 Å². The molecule has 0 aliphatic carbocycles. The zero-order chi connectivity index (χ0) is 18.3. The summed E-state index contributed by atoms with van der Waals surface area (Å²) in [4.78, 5) is 28.3. The zero-order valence-corrected chi connectivity index (χ0v) is 14.9. The SMILES string of the molecule is CN(C)C(=O)N1CC2Cc3nnc(C(=O)Nc4ccccc4)n3CC2C1. The van der Waals surface area contributed by atoms with Gasteiger partial charge in [0.15, 0.2) is 0 Å². The van der Waals surface area contributed by atoms with Crippen LogP contribution in [0.5, 0.6) is 0 Å². The van der Waals surface area contributed by atoms with E-state index in [2.05, 4.69) is 15.5 Å². The lowest BCUT2D eigenvalue weighted by Gasteiger charge is -2.25. The lowest BCUT2D eigenvalue weighted by Crippen LogP contribution is -2.37. The second-order valence-electron chi connectivity index (χ2n) is 7.18. The number of aromatic nitrogens is 3. The van der Waals surface area contributed by atoms with Gasteiger partial charge in [-0.25, -0.2) is 4.79 Å². The van der Waals surface area contributed by atoms with Crippen molar-refractivity contribution in [2.45, 2.75) is 13.0 Å². The largest absolute Gasteiger partial charge is 0.331 e. The van der Waals surface area contributed by atoms with Gasteiger partial charge in [0.1, 0.15) is 5.82 Å². The quantitative estimate of drug-likeness (QED) is 0.882. The number of benzene rings is 1. The summed E-state index contributed by atoms with van der Waals surface area (Å²) >= 11 is 0. The van der Waals surface area contributed by atoms with Crippen molar-refractivity contribution < 1.29 is 9.59 Å². The number of fused-ring (bicyclic) bond motifs is 2. The molecule has 1 N–H and O–H groups in total. The van der Waals surface area contributed by atoms with Crippen molar-refractivity contribution >= 4 is 17.6 Å². The van der Waals surface area contributed by atoms with Crippen molar-refractivity contribution in [3.05, 3.63) is 42.0 Å². The van der Waals surface area contributed by atoms with Crippen LogP contribution in [0, 0.1) is 11.8 Å². The van der Waals surface area contributed by atoms with Crippen LogP contribution in [0.2, 0.25) is 0 Å². The molecule has 1 aromatic heterocycles. The van der Waals surface area contributed by atoms with E-state index >= 15 is 0 Å². The molecule has 3 amide bonds. The Morgan fingerprint density at radius 3 is 2.54 bits per heavy atom. The van der Waals surface area contributed by atoms with Gasteiger partial charge < -0.3 is 19.7 Å². The summed E-state index contributed by atoms with van der Waals surface area (Å²) in [6.45, 7) is 2.11. The summed E-state index contributed by atoms with van der Waals surface area (Å²) < 4.78 is 1.91. The van der Waals surface area contributed by atoms with E-state index in [9.17, 15) is 9.59 Å². The Kier molecular flexibility index (Phi) is 4.10. The topological polar surface area (TPSA) is 83.4 Å². The third-order valence-corrected chi connectivity index (χ3v) is 5.15. The molecule has 1 aromatic carbocycles. The standard InChI is InChI=1S/C18H22N6O2/c1-22(2)18(26)23-9-12-8-15-20-21-16(24(15)11-13(12)10-23)17(25)19-14-6-4-3-5-7-14/h3-7,12-13H,8-11H2,1-2H3,(H,19,25). The monoisotopic (exact) mass is 354 g/mol. The molecule has 1 saturated heterocycles. The zero-order valence-electron chi connectivity index (χ0n) is 14.9. The molecule has 2 aliphatic rings. The molecule has 4 rings (SSSR count). The Labute approximate surface area is 151 Å². The van der Waals surface area contributed by atoms with Crippen LogP contribution in [0.3, 0.4) is 0 Å². The number of hydrogen-bond acceptors (Lipinski definition) is 4. The van der Waals surface area contributed by atoms with Gasteiger partial charge in [0, 0.05) is 45.8 Å². The molecule has 136 valence electrons. The Bertz CT molecular complexity index is 831. The van der Waals surface area contributed by atoms with Crippen molar-refractivity contribution in [1.82, 2.24) is 24.6 Å². The van der Waals surface area contributed by atoms with Gasteiger partial charge in [-0.1, -0.05) is 18.2 Å². The molecular formula is C18H22N6O2. The molecule has 8 heteroatoms. The minimum absolute atomic E-state index is 0.0391. The number of anilines is 1. The molecule has 2 unspecified atom stereocenters. The van der Waals surface area contributed by atoms with Crippen LogP contribution in [-0.4, -0.2) is 63.7 Å². The second kappa shape index (κ2) is 6.44. The van der Waals surface area contributed by atoms with Crippen molar-refractivity contribution in [2.75, 3.05) is 32.5 Å². The highest BCUT2D eigenvalue weighted by Crippen LogP contribution is 2.33. The number of urea groups is 1. The number of rotatable bonds is 2. The molecule has 0 bridgehead atoms. The summed E-state index contributed by atoms with van der Waals surface area (Å²) in [6, 6.07) is 9.35. The number of hydrogen-bond donors (Lipinski definition) is 1. The molecule has 2 aromatic rings. The van der Waals surface area contributed by atoms with E-state index in [-0.39, 0.29) is 11.9 Å². The van der Waals surface area contributed by atoms with E-state index in [0.29, 0.717) is 30.7 Å². The van der Waals surface area contributed by atoms with E-state index in [1.807, 2.05) is 39.8 Å². The molecule has 1 fully saturated rings. The fourth-order valence-electron chi connectivity index (χ4n) is 3.84. The van der Waals surface area contributed by atoms with Crippen LogP contribution in [0.25, 0.3) is 0 Å². The number of likely N-dealkylation sites (tertiary alicyclic amines) is 1. The van der Waals surface area contributed by atoms with Crippen molar-refractivity contribution in [3.8, 4) is 0 Å². The van der Waals surface area contributed by atoms with Crippen LogP contribution in [0.1, 0.15) is 16.4 Å². The Hall–Kier alpha value is -2.90. The lowest BCUT2D eigenvalue weighted by molar-refractivity contribution is 0.100. The summed E-state index contributed by atoms with van der Waals surface area (Å²) in [5.74, 6) is 1.60. The van der Waals surface area contributed by atoms with Crippen molar-refractivity contribution in [2.24, 2.45) is 11.8 Å². The van der Waals surface area contributed by atoms with Gasteiger partial charge in [-0.05, 0) is 24.0 Å². The average molecular weight is 354 g/mol. The van der Waals surface area contributed by atoms with E-state index in [0.717, 1.165) is 24.5 Å². The fourth-order valence-corrected chi connectivity index (χ4v) is 3.84. The van der Waals surface area contributed by atoms with E-state index in [1.54, 1.807) is 19.0 Å². The number of nitrogens with one attached hydrogen (secondary N) is 1. The predicted octanol–water partition coefficient (Wildman–Crippen LogP) is 1.32. The van der Waals surface area contributed by atoms with Crippen LogP contribution < -0.4 is 5.32 Å². The molecule has 8 nitrogen and oxygen atoms in total. The maximum absolute atomic E-state index is 12.6. The molecule has 3 heterocycles. The Morgan fingerprint density at radius 1 is 1.08 bits per heavy atom. The lowest BCUT2D eigenvalue weighted by atomic mass is 9.89. The van der Waals surface area contributed by atoms with Gasteiger partial charge in [0.25, 0.3) is 5.91 Å². The second-order valence-corrected chi connectivity index (χ2v) is 7.18. The highest BCUT2D eigenvalue weighted by molar-refractivity contribution is 6.01. The predicted molar refractivity (Wildman–Crippen MR) is 95.8 cm³/mol. The molecular weight excluding hydrogens is 332 g/mol. The Morgan fingerprint density at radius 2 is 1.81 bits per heavy atom. The molecule has 2 aliphatic heterocycles. The molecule has 2 atom stereocenters. The highest BCUT2D eigenvalue weighted by atomic mass is 16.2. The number of carbonyl (C=O) groups excluding carboxylic acids is 2. The minimum atomic E-state index is -0.257. The van der Waals surface area contributed by atoms with Gasteiger partial charge in [-0.3, -0.25) is 4.79 Å². The van der Waals surface area contributed by atoms with Gasteiger partial charge >= 0.3 is 6.03 Å². The van der Waals surface area contributed by atoms with Crippen LogP contribution in [-0.2, 0) is 13.0 Å². The average Bonchev–Trinajstić information content (AvgIpc) is 3.22. The maximum atomic E-state index is 12.6. The third-order valence-electron chi connectivity index (χ3n) is 5.15. The summed E-state index contributed by atoms with van der Waals surface area (Å²) in [6.07, 6.45) is 0.744. The van der Waals surface area contributed by atoms with Gasteiger partial charge in [-0.15, -0.1) is 10.2 Å². The number of para-hydroxylation sites is 1. The number of nitrogens with zero attached hydrogens (tertiary/aromatic N) is 5. The summed E-state index contributed by atoms with van der Waals surface area (Å²) in [7, 11) is 3.54. The third kappa shape index (κ3) is 2.91. The van der Waals surface area contributed by atoms with E-state index < -0.39 is 0 Å². The summed E-state index contributed by atoms with van der Waals surface area (Å²) in [5.41, 5.74) is 0.729. The minimum Gasteiger partial charge on any atom is -0.331 e. The normalized spacial score (nSPS) is 21.1. The molecule has 0 saturated carbocycles. The molecule has 0 radical (unpaired) electrons. The molecule has 26 heavy (non-hydrogen) atoms. The molecule has 0 spiro atoms. The first-order chi connectivity index (χ1) is 12.5. The first kappa shape index (κ1) is 16.6. The maximum Gasteiger partial charge on any atom is 0.319 e. The smallest absolute Gasteiger partial charge is 0.319 e. The van der Waals surface area contributed by atoms with Crippen LogP contribution in [0.15, 0.2) is 30.3 Å². The first-order valence-corrected chi connectivity index (χ1v) is 8.77. The van der Waals surface area contributed by atoms with Gasteiger partial charge in [0.2, 0.25) is 5.82 Å². The van der Waals surface area contributed by atoms with E-state index in [1.165, 1.54) is 0 Å². The first-order valence-electron chi connectivity index (χ1n) is 8.77. The van der Waals surface area contributed by atoms with Crippen molar-refractivity contribution in [1.29, 1.82) is 0 Å². The van der Waals surface area contributed by atoms with Gasteiger partial charge in [-0.2, -0.15) is 0 Å². The Balaban J connectivity index is 1.50.